The molecule has 0 aromatic heterocycles. The number of halogens is 6. The average molecular weight is 421 g/mol. The molecule has 2 aromatic rings. The maximum Gasteiger partial charge on any atom is 0.416 e. The van der Waals surface area contributed by atoms with E-state index < -0.39 is 30.4 Å². The number of alkyl halides is 6. The van der Waals surface area contributed by atoms with Gasteiger partial charge in [0.25, 0.3) is 5.91 Å². The highest BCUT2D eigenvalue weighted by Crippen LogP contribution is 2.31. The summed E-state index contributed by atoms with van der Waals surface area (Å²) >= 11 is 0. The van der Waals surface area contributed by atoms with Crippen LogP contribution >= 0.6 is 0 Å². The highest BCUT2D eigenvalue weighted by molar-refractivity contribution is 5.94. The highest BCUT2D eigenvalue weighted by atomic mass is 19.4. The number of ether oxygens (including phenoxy) is 2. The monoisotopic (exact) mass is 421 g/mol. The summed E-state index contributed by atoms with van der Waals surface area (Å²) in [6.45, 7) is -1.60. The summed E-state index contributed by atoms with van der Waals surface area (Å²) in [6.07, 6.45) is -8.88. The first-order valence-corrected chi connectivity index (χ1v) is 8.36. The summed E-state index contributed by atoms with van der Waals surface area (Å²) in [6, 6.07) is 10.2. The van der Waals surface area contributed by atoms with E-state index in [1.807, 2.05) is 0 Å². The number of hydrogen-bond acceptors (Lipinski definition) is 3. The maximum atomic E-state index is 12.6. The van der Waals surface area contributed by atoms with Gasteiger partial charge in [-0.3, -0.25) is 4.79 Å². The Balaban J connectivity index is 1.75. The van der Waals surface area contributed by atoms with E-state index in [9.17, 15) is 31.1 Å². The minimum absolute atomic E-state index is 0.0253. The van der Waals surface area contributed by atoms with E-state index in [4.69, 9.17) is 4.74 Å². The Bertz CT molecular complexity index is 803. The van der Waals surface area contributed by atoms with Gasteiger partial charge >= 0.3 is 12.4 Å². The number of rotatable bonds is 8. The van der Waals surface area contributed by atoms with Gasteiger partial charge in [-0.2, -0.15) is 26.3 Å². The average Bonchev–Trinajstić information content (AvgIpc) is 2.64. The van der Waals surface area contributed by atoms with Crippen LogP contribution in [0, 0.1) is 0 Å². The van der Waals surface area contributed by atoms with Gasteiger partial charge < -0.3 is 14.8 Å². The van der Waals surface area contributed by atoms with E-state index in [0.717, 1.165) is 12.1 Å². The summed E-state index contributed by atoms with van der Waals surface area (Å²) < 4.78 is 83.7. The second kappa shape index (κ2) is 9.64. The molecule has 0 bridgehead atoms. The number of amides is 1. The number of benzene rings is 2. The minimum atomic E-state index is -4.47. The second-order valence-corrected chi connectivity index (χ2v) is 5.93. The molecule has 0 radical (unpaired) electrons. The zero-order chi connectivity index (χ0) is 21.5. The topological polar surface area (TPSA) is 47.6 Å². The largest absolute Gasteiger partial charge is 0.492 e. The van der Waals surface area contributed by atoms with Crippen molar-refractivity contribution in [3.63, 3.8) is 0 Å². The van der Waals surface area contributed by atoms with Gasteiger partial charge in [0, 0.05) is 5.56 Å². The second-order valence-electron chi connectivity index (χ2n) is 5.93. The van der Waals surface area contributed by atoms with E-state index in [1.165, 1.54) is 36.4 Å². The zero-order valence-electron chi connectivity index (χ0n) is 14.9. The first kappa shape index (κ1) is 22.5. The van der Waals surface area contributed by atoms with Crippen molar-refractivity contribution in [2.75, 3.05) is 19.8 Å². The Morgan fingerprint density at radius 3 is 2.28 bits per heavy atom. The molecule has 0 fully saturated rings. The van der Waals surface area contributed by atoms with Crippen LogP contribution in [-0.2, 0) is 17.5 Å². The zero-order valence-corrected chi connectivity index (χ0v) is 14.9. The van der Waals surface area contributed by atoms with Crippen LogP contribution < -0.4 is 10.1 Å². The van der Waals surface area contributed by atoms with Crippen molar-refractivity contribution in [3.8, 4) is 5.75 Å². The fourth-order valence-corrected chi connectivity index (χ4v) is 2.23. The van der Waals surface area contributed by atoms with Crippen molar-refractivity contribution in [2.45, 2.75) is 19.0 Å². The summed E-state index contributed by atoms with van der Waals surface area (Å²) in [4.78, 5) is 12.0. The molecule has 0 aliphatic rings. The van der Waals surface area contributed by atoms with Crippen LogP contribution in [0.2, 0.25) is 0 Å². The lowest BCUT2D eigenvalue weighted by molar-refractivity contribution is -0.176. The predicted octanol–water partition coefficient (Wildman–Crippen LogP) is 4.59. The molecule has 1 amide bonds. The molecule has 158 valence electrons. The van der Waals surface area contributed by atoms with Crippen LogP contribution in [-0.4, -0.2) is 31.8 Å². The first-order chi connectivity index (χ1) is 13.5. The van der Waals surface area contributed by atoms with E-state index in [2.05, 4.69) is 10.1 Å². The third kappa shape index (κ3) is 8.02. The Morgan fingerprint density at radius 2 is 1.66 bits per heavy atom. The van der Waals surface area contributed by atoms with E-state index >= 15 is 0 Å². The molecule has 0 heterocycles. The molecule has 0 aliphatic heterocycles. The van der Waals surface area contributed by atoms with Crippen LogP contribution in [0.15, 0.2) is 48.5 Å². The van der Waals surface area contributed by atoms with Gasteiger partial charge in [-0.1, -0.05) is 18.2 Å². The van der Waals surface area contributed by atoms with Gasteiger partial charge in [0.1, 0.15) is 19.0 Å². The Labute approximate surface area is 162 Å². The predicted molar refractivity (Wildman–Crippen MR) is 91.4 cm³/mol. The third-order valence-corrected chi connectivity index (χ3v) is 3.57. The molecule has 29 heavy (non-hydrogen) atoms. The molecule has 0 aliphatic carbocycles. The molecular formula is C19H17F6NO3. The van der Waals surface area contributed by atoms with E-state index in [1.54, 1.807) is 0 Å². The summed E-state index contributed by atoms with van der Waals surface area (Å²) in [7, 11) is 0. The molecule has 2 aromatic carbocycles. The summed E-state index contributed by atoms with van der Waals surface area (Å²) in [5.41, 5.74) is -0.0966. The van der Waals surface area contributed by atoms with Crippen molar-refractivity contribution in [3.05, 3.63) is 65.2 Å². The lowest BCUT2D eigenvalue weighted by Crippen LogP contribution is -2.28. The molecular weight excluding hydrogens is 404 g/mol. The minimum Gasteiger partial charge on any atom is -0.492 e. The molecule has 0 saturated carbocycles. The van der Waals surface area contributed by atoms with Gasteiger partial charge in [0.2, 0.25) is 0 Å². The van der Waals surface area contributed by atoms with Crippen molar-refractivity contribution in [2.24, 2.45) is 0 Å². The molecule has 10 heteroatoms. The molecule has 2 rings (SSSR count). The van der Waals surface area contributed by atoms with Crippen LogP contribution in [0.3, 0.4) is 0 Å². The number of carbonyl (C=O) groups is 1. The van der Waals surface area contributed by atoms with Crippen molar-refractivity contribution in [1.29, 1.82) is 0 Å². The molecule has 0 spiro atoms. The van der Waals surface area contributed by atoms with Gasteiger partial charge in [-0.15, -0.1) is 0 Å². The normalized spacial score (nSPS) is 11.9. The van der Waals surface area contributed by atoms with Crippen LogP contribution in [0.1, 0.15) is 21.5 Å². The smallest absolute Gasteiger partial charge is 0.416 e. The highest BCUT2D eigenvalue weighted by Gasteiger charge is 2.30. The Morgan fingerprint density at radius 1 is 0.966 bits per heavy atom. The number of nitrogens with one attached hydrogen (secondary N) is 1. The molecule has 1 N–H and O–H groups in total. The van der Waals surface area contributed by atoms with Crippen molar-refractivity contribution in [1.82, 2.24) is 5.32 Å². The van der Waals surface area contributed by atoms with Crippen LogP contribution in [0.5, 0.6) is 5.75 Å². The van der Waals surface area contributed by atoms with Gasteiger partial charge in [0.15, 0.2) is 0 Å². The maximum absolute atomic E-state index is 12.6. The standard InChI is InChI=1S/C19H17F6NO3/c20-18(21,22)12-28-11-13-4-6-14(7-5-13)17(27)26-8-9-29-16-3-1-2-15(10-16)19(23,24)25/h1-7,10H,8-9,11-12H2,(H,26,27). The molecule has 0 unspecified atom stereocenters. The molecule has 0 saturated heterocycles. The van der Waals surface area contributed by atoms with Gasteiger partial charge in [0.05, 0.1) is 18.7 Å². The summed E-state index contributed by atoms with van der Waals surface area (Å²) in [5.74, 6) is -0.433. The van der Waals surface area contributed by atoms with E-state index in [-0.39, 0.29) is 31.1 Å². The van der Waals surface area contributed by atoms with Crippen molar-refractivity contribution >= 4 is 5.91 Å². The Kier molecular flexibility index (Phi) is 7.49. The van der Waals surface area contributed by atoms with Gasteiger partial charge in [-0.25, -0.2) is 0 Å². The van der Waals surface area contributed by atoms with Crippen molar-refractivity contribution < 1.29 is 40.6 Å². The molecule has 4 nitrogen and oxygen atoms in total. The fourth-order valence-electron chi connectivity index (χ4n) is 2.23. The molecule has 0 atom stereocenters. The number of hydrogen-bond donors (Lipinski definition) is 1. The lowest BCUT2D eigenvalue weighted by Gasteiger charge is -2.11. The van der Waals surface area contributed by atoms with Gasteiger partial charge in [-0.05, 0) is 35.9 Å². The fraction of sp³-hybridized carbons (Fsp3) is 0.316. The van der Waals surface area contributed by atoms with Crippen LogP contribution in [0.4, 0.5) is 26.3 Å². The summed E-state index contributed by atoms with van der Waals surface area (Å²) in [5, 5.41) is 2.53. The Hall–Kier alpha value is -2.75. The SMILES string of the molecule is O=C(NCCOc1cccc(C(F)(F)F)c1)c1ccc(COCC(F)(F)F)cc1. The number of carbonyl (C=O) groups excluding carboxylic acids is 1. The quantitative estimate of drug-likeness (QED) is 0.501. The first-order valence-electron chi connectivity index (χ1n) is 8.36. The van der Waals surface area contributed by atoms with Crippen LogP contribution in [0.25, 0.3) is 0 Å². The lowest BCUT2D eigenvalue weighted by atomic mass is 10.1. The van der Waals surface area contributed by atoms with E-state index in [0.29, 0.717) is 5.56 Å². The third-order valence-electron chi connectivity index (χ3n) is 3.57.